The molecule has 0 fully saturated rings. The van der Waals surface area contributed by atoms with Gasteiger partial charge in [0.15, 0.2) is 0 Å². The molecule has 7 heteroatoms. The Kier molecular flexibility index (Phi) is 4.01. The minimum Gasteiger partial charge on any atom is -0.396 e. The van der Waals surface area contributed by atoms with Crippen LogP contribution in [0.15, 0.2) is 34.9 Å². The third-order valence-electron chi connectivity index (χ3n) is 2.32. The fourth-order valence-electron chi connectivity index (χ4n) is 1.42. The number of anilines is 2. The number of pyridine rings is 1. The van der Waals surface area contributed by atoms with Crippen LogP contribution in [0.1, 0.15) is 10.4 Å². The maximum atomic E-state index is 13.2. The van der Waals surface area contributed by atoms with Gasteiger partial charge in [-0.25, -0.2) is 9.37 Å². The van der Waals surface area contributed by atoms with Crippen molar-refractivity contribution in [2.24, 2.45) is 0 Å². The number of nitrogens with zero attached hydrogens (tertiary/aromatic N) is 1. The van der Waals surface area contributed by atoms with Crippen LogP contribution in [0, 0.1) is 5.82 Å². The van der Waals surface area contributed by atoms with Crippen molar-refractivity contribution in [1.29, 1.82) is 0 Å². The molecule has 0 atom stereocenters. The lowest BCUT2D eigenvalue weighted by molar-refractivity contribution is 0.102. The van der Waals surface area contributed by atoms with Crippen LogP contribution in [0.2, 0.25) is 5.15 Å². The highest BCUT2D eigenvalue weighted by atomic mass is 79.9. The summed E-state index contributed by atoms with van der Waals surface area (Å²) in [7, 11) is 0. The Morgan fingerprint density at radius 1 is 1.42 bits per heavy atom. The second-order valence-electron chi connectivity index (χ2n) is 3.67. The van der Waals surface area contributed by atoms with Gasteiger partial charge in [-0.15, -0.1) is 0 Å². The van der Waals surface area contributed by atoms with Crippen LogP contribution in [0.3, 0.4) is 0 Å². The van der Waals surface area contributed by atoms with Gasteiger partial charge in [0, 0.05) is 16.4 Å². The molecule has 98 valence electrons. The Balaban J connectivity index is 2.28. The molecule has 1 aromatic heterocycles. The van der Waals surface area contributed by atoms with Crippen LogP contribution in [-0.2, 0) is 0 Å². The van der Waals surface area contributed by atoms with Crippen molar-refractivity contribution in [2.45, 2.75) is 0 Å². The van der Waals surface area contributed by atoms with Crippen molar-refractivity contribution < 1.29 is 9.18 Å². The molecule has 0 saturated heterocycles. The van der Waals surface area contributed by atoms with Gasteiger partial charge in [-0.1, -0.05) is 11.6 Å². The van der Waals surface area contributed by atoms with Crippen molar-refractivity contribution >= 4 is 44.8 Å². The van der Waals surface area contributed by atoms with Gasteiger partial charge < -0.3 is 11.1 Å². The Morgan fingerprint density at radius 2 is 2.16 bits per heavy atom. The van der Waals surface area contributed by atoms with E-state index in [4.69, 9.17) is 17.3 Å². The van der Waals surface area contributed by atoms with Gasteiger partial charge in [-0.3, -0.25) is 4.79 Å². The Bertz CT molecular complexity index is 651. The van der Waals surface area contributed by atoms with Crippen LogP contribution >= 0.6 is 27.5 Å². The van der Waals surface area contributed by atoms with Crippen LogP contribution in [0.4, 0.5) is 15.8 Å². The first-order chi connectivity index (χ1) is 8.97. The molecule has 2 rings (SSSR count). The largest absolute Gasteiger partial charge is 0.396 e. The summed E-state index contributed by atoms with van der Waals surface area (Å²) in [5.41, 5.74) is 6.06. The van der Waals surface area contributed by atoms with Gasteiger partial charge in [0.25, 0.3) is 5.91 Å². The van der Waals surface area contributed by atoms with Crippen molar-refractivity contribution in [3.05, 3.63) is 51.5 Å². The molecule has 0 aliphatic rings. The Hall–Kier alpha value is -1.66. The van der Waals surface area contributed by atoms with E-state index in [1.165, 1.54) is 18.3 Å². The van der Waals surface area contributed by atoms with E-state index in [1.807, 2.05) is 0 Å². The summed E-state index contributed by atoms with van der Waals surface area (Å²) in [6.45, 7) is 0. The molecular formula is C12H8BrClFN3O. The molecule has 2 aromatic rings. The van der Waals surface area contributed by atoms with E-state index in [1.54, 1.807) is 6.07 Å². The monoisotopic (exact) mass is 343 g/mol. The molecule has 3 N–H and O–H groups in total. The Labute approximate surface area is 121 Å². The summed E-state index contributed by atoms with van der Waals surface area (Å²) >= 11 is 8.83. The number of hydrogen-bond donors (Lipinski definition) is 2. The smallest absolute Gasteiger partial charge is 0.256 e. The first-order valence-corrected chi connectivity index (χ1v) is 6.32. The Morgan fingerprint density at radius 3 is 2.84 bits per heavy atom. The molecule has 0 saturated carbocycles. The van der Waals surface area contributed by atoms with E-state index in [9.17, 15) is 9.18 Å². The molecule has 0 spiro atoms. The van der Waals surface area contributed by atoms with Crippen molar-refractivity contribution in [3.63, 3.8) is 0 Å². The summed E-state index contributed by atoms with van der Waals surface area (Å²) in [5, 5.41) is 2.87. The summed E-state index contributed by atoms with van der Waals surface area (Å²) in [5.74, 6) is -1.02. The second kappa shape index (κ2) is 5.54. The van der Waals surface area contributed by atoms with Gasteiger partial charge in [0.1, 0.15) is 11.0 Å². The molecule has 0 aliphatic heterocycles. The van der Waals surface area contributed by atoms with E-state index in [-0.39, 0.29) is 16.4 Å². The third-order valence-corrected chi connectivity index (χ3v) is 3.18. The number of nitrogens with one attached hydrogen (secondary N) is 1. The number of aromatic nitrogens is 1. The third kappa shape index (κ3) is 3.21. The van der Waals surface area contributed by atoms with Crippen molar-refractivity contribution in [2.75, 3.05) is 11.1 Å². The number of benzene rings is 1. The molecular weight excluding hydrogens is 337 g/mol. The first-order valence-electron chi connectivity index (χ1n) is 5.15. The number of halogens is 3. The molecule has 0 bridgehead atoms. The van der Waals surface area contributed by atoms with Crippen molar-refractivity contribution in [1.82, 2.24) is 4.98 Å². The quantitative estimate of drug-likeness (QED) is 0.647. The summed E-state index contributed by atoms with van der Waals surface area (Å²) in [4.78, 5) is 15.8. The van der Waals surface area contributed by atoms with E-state index in [2.05, 4.69) is 26.2 Å². The van der Waals surface area contributed by atoms with E-state index in [0.717, 1.165) is 6.07 Å². The first kappa shape index (κ1) is 13.8. The number of nitrogens with two attached hydrogens (primary N) is 1. The van der Waals surface area contributed by atoms with Crippen LogP contribution < -0.4 is 11.1 Å². The minimum absolute atomic E-state index is 0.0962. The zero-order valence-corrected chi connectivity index (χ0v) is 11.8. The highest BCUT2D eigenvalue weighted by Crippen LogP contribution is 2.24. The number of carbonyl (C=O) groups is 1. The lowest BCUT2D eigenvalue weighted by Gasteiger charge is -2.08. The zero-order chi connectivity index (χ0) is 14.0. The van der Waals surface area contributed by atoms with Crippen molar-refractivity contribution in [3.8, 4) is 0 Å². The number of rotatable bonds is 2. The van der Waals surface area contributed by atoms with Gasteiger partial charge in [-0.05, 0) is 40.2 Å². The fraction of sp³-hybridized carbons (Fsp3) is 0. The van der Waals surface area contributed by atoms with Crippen LogP contribution in [0.5, 0.6) is 0 Å². The van der Waals surface area contributed by atoms with Gasteiger partial charge in [0.2, 0.25) is 0 Å². The molecule has 1 amide bonds. The van der Waals surface area contributed by atoms with E-state index >= 15 is 0 Å². The SMILES string of the molecule is Nc1cc(C(=O)Nc2ccnc(Cl)c2)c(Br)cc1F. The summed E-state index contributed by atoms with van der Waals surface area (Å²) < 4.78 is 13.5. The van der Waals surface area contributed by atoms with Crippen LogP contribution in [-0.4, -0.2) is 10.9 Å². The van der Waals surface area contributed by atoms with E-state index in [0.29, 0.717) is 10.2 Å². The number of amides is 1. The summed E-state index contributed by atoms with van der Waals surface area (Å²) in [6, 6.07) is 5.49. The zero-order valence-electron chi connectivity index (χ0n) is 9.45. The average molecular weight is 345 g/mol. The molecule has 1 heterocycles. The molecule has 0 aliphatic carbocycles. The molecule has 0 unspecified atom stereocenters. The normalized spacial score (nSPS) is 10.3. The standard InChI is InChI=1S/C12H8BrClFN3O/c13-8-5-9(15)10(16)4-7(8)12(19)18-6-1-2-17-11(14)3-6/h1-5H,16H2,(H,17,18,19). The molecule has 0 radical (unpaired) electrons. The number of carbonyl (C=O) groups excluding carboxylic acids is 1. The predicted octanol–water partition coefficient (Wildman–Crippen LogP) is 3.47. The average Bonchev–Trinajstić information content (AvgIpc) is 2.33. The minimum atomic E-state index is -0.588. The molecule has 4 nitrogen and oxygen atoms in total. The fourth-order valence-corrected chi connectivity index (χ4v) is 2.09. The maximum Gasteiger partial charge on any atom is 0.256 e. The summed E-state index contributed by atoms with van der Waals surface area (Å²) in [6.07, 6.45) is 1.46. The van der Waals surface area contributed by atoms with Gasteiger partial charge >= 0.3 is 0 Å². The lowest BCUT2D eigenvalue weighted by atomic mass is 10.2. The van der Waals surface area contributed by atoms with E-state index < -0.39 is 11.7 Å². The van der Waals surface area contributed by atoms with Crippen LogP contribution in [0.25, 0.3) is 0 Å². The molecule has 1 aromatic carbocycles. The highest BCUT2D eigenvalue weighted by Gasteiger charge is 2.13. The lowest BCUT2D eigenvalue weighted by Crippen LogP contribution is -2.13. The van der Waals surface area contributed by atoms with Gasteiger partial charge in [-0.2, -0.15) is 0 Å². The number of nitrogen functional groups attached to an aromatic ring is 1. The van der Waals surface area contributed by atoms with Gasteiger partial charge in [0.05, 0.1) is 11.3 Å². The molecule has 19 heavy (non-hydrogen) atoms. The number of hydrogen-bond acceptors (Lipinski definition) is 3. The highest BCUT2D eigenvalue weighted by molar-refractivity contribution is 9.10. The second-order valence-corrected chi connectivity index (χ2v) is 4.92. The topological polar surface area (TPSA) is 68.0 Å². The predicted molar refractivity (Wildman–Crippen MR) is 75.7 cm³/mol. The maximum absolute atomic E-state index is 13.2.